The lowest BCUT2D eigenvalue weighted by molar-refractivity contribution is 0.0933. The van der Waals surface area contributed by atoms with Crippen LogP contribution in [0.3, 0.4) is 0 Å². The zero-order valence-corrected chi connectivity index (χ0v) is 11.6. The predicted octanol–water partition coefficient (Wildman–Crippen LogP) is 2.10. The molecule has 0 saturated carbocycles. The van der Waals surface area contributed by atoms with E-state index >= 15 is 0 Å². The van der Waals surface area contributed by atoms with E-state index in [1.54, 1.807) is 0 Å². The molecule has 0 aliphatic carbocycles. The highest BCUT2D eigenvalue weighted by molar-refractivity contribution is 14.1. The highest BCUT2D eigenvalue weighted by atomic mass is 127. The van der Waals surface area contributed by atoms with Crippen LogP contribution in [-0.2, 0) is 0 Å². The number of aliphatic hydroxyl groups is 1. The van der Waals surface area contributed by atoms with Crippen molar-refractivity contribution in [3.63, 3.8) is 0 Å². The number of halogens is 1. The van der Waals surface area contributed by atoms with Crippen LogP contribution in [-0.4, -0.2) is 23.7 Å². The van der Waals surface area contributed by atoms with Crippen LogP contribution in [0.4, 0.5) is 0 Å². The van der Waals surface area contributed by atoms with Crippen LogP contribution < -0.4 is 5.32 Å². The van der Waals surface area contributed by atoms with Gasteiger partial charge in [0.25, 0.3) is 5.91 Å². The van der Waals surface area contributed by atoms with E-state index in [4.69, 9.17) is 5.11 Å². The summed E-state index contributed by atoms with van der Waals surface area (Å²) in [5.41, 5.74) is 1.70. The van der Waals surface area contributed by atoms with Crippen molar-refractivity contribution in [2.45, 2.75) is 26.3 Å². The molecule has 0 aromatic heterocycles. The molecule has 0 heterocycles. The van der Waals surface area contributed by atoms with Gasteiger partial charge in [-0.1, -0.05) is 6.07 Å². The van der Waals surface area contributed by atoms with E-state index in [9.17, 15) is 4.79 Å². The maximum Gasteiger partial charge on any atom is 0.251 e. The van der Waals surface area contributed by atoms with Crippen molar-refractivity contribution < 1.29 is 9.90 Å². The number of benzene rings is 1. The zero-order valence-electron chi connectivity index (χ0n) is 9.46. The molecule has 88 valence electrons. The minimum absolute atomic E-state index is 0.00485. The Morgan fingerprint density at radius 2 is 2.25 bits per heavy atom. The molecule has 3 nitrogen and oxygen atoms in total. The number of rotatable bonds is 4. The Kier molecular flexibility index (Phi) is 5.21. The number of hydrogen-bond donors (Lipinski definition) is 2. The molecule has 4 heteroatoms. The first kappa shape index (κ1) is 13.4. The molecule has 1 amide bonds. The van der Waals surface area contributed by atoms with Crippen molar-refractivity contribution in [3.05, 3.63) is 32.9 Å². The van der Waals surface area contributed by atoms with Gasteiger partial charge < -0.3 is 10.4 Å². The number of aliphatic hydroxyl groups excluding tert-OH is 1. The molecule has 0 saturated heterocycles. The highest BCUT2D eigenvalue weighted by Gasteiger charge is 2.12. The molecule has 1 aromatic carbocycles. The molecule has 0 fully saturated rings. The van der Waals surface area contributed by atoms with Crippen molar-refractivity contribution in [2.75, 3.05) is 6.61 Å². The number of carbonyl (C=O) groups excluding carboxylic acids is 1. The van der Waals surface area contributed by atoms with Crippen LogP contribution in [0.2, 0.25) is 0 Å². The lowest BCUT2D eigenvalue weighted by Crippen LogP contribution is -2.33. The van der Waals surface area contributed by atoms with Crippen LogP contribution in [0.15, 0.2) is 18.2 Å². The summed E-state index contributed by atoms with van der Waals surface area (Å²) in [6.45, 7) is 3.91. The lowest BCUT2D eigenvalue weighted by atomic mass is 10.1. The summed E-state index contributed by atoms with van der Waals surface area (Å²) in [5.74, 6) is -0.0723. The highest BCUT2D eigenvalue weighted by Crippen LogP contribution is 2.15. The maximum absolute atomic E-state index is 11.9. The van der Waals surface area contributed by atoms with Crippen molar-refractivity contribution >= 4 is 28.5 Å². The molecule has 16 heavy (non-hydrogen) atoms. The summed E-state index contributed by atoms with van der Waals surface area (Å²) in [4.78, 5) is 11.9. The van der Waals surface area contributed by atoms with E-state index in [1.165, 1.54) is 0 Å². The third-order valence-electron chi connectivity index (χ3n) is 2.45. The molecule has 0 bridgehead atoms. The van der Waals surface area contributed by atoms with E-state index in [2.05, 4.69) is 27.9 Å². The first-order chi connectivity index (χ1) is 7.56. The molecular weight excluding hydrogens is 317 g/mol. The van der Waals surface area contributed by atoms with Gasteiger partial charge >= 0.3 is 0 Å². The molecule has 0 unspecified atom stereocenters. The van der Waals surface area contributed by atoms with Gasteiger partial charge in [-0.3, -0.25) is 4.79 Å². The summed E-state index contributed by atoms with van der Waals surface area (Å²) in [7, 11) is 0. The molecule has 2 N–H and O–H groups in total. The molecule has 1 atom stereocenters. The second-order valence-electron chi connectivity index (χ2n) is 3.80. The Morgan fingerprint density at radius 3 is 2.88 bits per heavy atom. The summed E-state index contributed by atoms with van der Waals surface area (Å²) in [5, 5.41) is 11.6. The fraction of sp³-hybridized carbons (Fsp3) is 0.417. The third-order valence-corrected chi connectivity index (χ3v) is 3.62. The number of hydrogen-bond acceptors (Lipinski definition) is 2. The first-order valence-corrected chi connectivity index (χ1v) is 6.31. The Bertz CT molecular complexity index is 379. The number of carbonyl (C=O) groups is 1. The van der Waals surface area contributed by atoms with Crippen LogP contribution in [0, 0.1) is 10.5 Å². The summed E-state index contributed by atoms with van der Waals surface area (Å²) in [6, 6.07) is 5.66. The summed E-state index contributed by atoms with van der Waals surface area (Å²) < 4.78 is 1.08. The number of amides is 1. The van der Waals surface area contributed by atoms with Gasteiger partial charge in [0.2, 0.25) is 0 Å². The standard InChI is InChI=1S/C12H16INO2/c1-8(6-7-15)14-12(16)10-4-3-5-11(13)9(10)2/h3-5,8,15H,6-7H2,1-2H3,(H,14,16)/t8-/m1/s1. The van der Waals surface area contributed by atoms with Crippen LogP contribution in [0.5, 0.6) is 0 Å². The van der Waals surface area contributed by atoms with Gasteiger partial charge in [-0.05, 0) is 60.6 Å². The molecule has 1 rings (SSSR count). The van der Waals surface area contributed by atoms with Crippen LogP contribution >= 0.6 is 22.6 Å². The molecule has 0 aliphatic rings. The average molecular weight is 333 g/mol. The van der Waals surface area contributed by atoms with Gasteiger partial charge in [0.1, 0.15) is 0 Å². The quantitative estimate of drug-likeness (QED) is 0.829. The topological polar surface area (TPSA) is 49.3 Å². The normalized spacial score (nSPS) is 12.2. The van der Waals surface area contributed by atoms with Crippen molar-refractivity contribution in [1.29, 1.82) is 0 Å². The third kappa shape index (κ3) is 3.45. The van der Waals surface area contributed by atoms with Gasteiger partial charge in [-0.15, -0.1) is 0 Å². The van der Waals surface area contributed by atoms with Gasteiger partial charge in [0, 0.05) is 21.8 Å². The number of nitrogens with one attached hydrogen (secondary N) is 1. The predicted molar refractivity (Wildman–Crippen MR) is 72.5 cm³/mol. The van der Waals surface area contributed by atoms with Crippen molar-refractivity contribution in [2.24, 2.45) is 0 Å². The zero-order chi connectivity index (χ0) is 12.1. The van der Waals surface area contributed by atoms with Crippen LogP contribution in [0.25, 0.3) is 0 Å². The Balaban J connectivity index is 2.77. The molecular formula is C12H16INO2. The minimum Gasteiger partial charge on any atom is -0.396 e. The smallest absolute Gasteiger partial charge is 0.251 e. The van der Waals surface area contributed by atoms with Gasteiger partial charge in [-0.2, -0.15) is 0 Å². The summed E-state index contributed by atoms with van der Waals surface area (Å²) >= 11 is 2.21. The fourth-order valence-corrected chi connectivity index (χ4v) is 1.92. The monoisotopic (exact) mass is 333 g/mol. The van der Waals surface area contributed by atoms with E-state index in [0.717, 1.165) is 9.13 Å². The minimum atomic E-state index is -0.0723. The first-order valence-electron chi connectivity index (χ1n) is 5.23. The molecule has 0 aliphatic heterocycles. The van der Waals surface area contributed by atoms with Gasteiger partial charge in [-0.25, -0.2) is 0 Å². The SMILES string of the molecule is Cc1c(I)cccc1C(=O)N[C@H](C)CCO. The molecule has 0 radical (unpaired) electrons. The Morgan fingerprint density at radius 1 is 1.56 bits per heavy atom. The van der Waals surface area contributed by atoms with Crippen LogP contribution in [0.1, 0.15) is 29.3 Å². The van der Waals surface area contributed by atoms with E-state index in [-0.39, 0.29) is 18.6 Å². The Hall–Kier alpha value is -0.620. The van der Waals surface area contributed by atoms with Crippen molar-refractivity contribution in [3.8, 4) is 0 Å². The van der Waals surface area contributed by atoms with E-state index in [0.29, 0.717) is 12.0 Å². The average Bonchev–Trinajstić information content (AvgIpc) is 2.22. The lowest BCUT2D eigenvalue weighted by Gasteiger charge is -2.14. The second-order valence-corrected chi connectivity index (χ2v) is 4.96. The fourth-order valence-electron chi connectivity index (χ4n) is 1.42. The Labute approximate surface area is 109 Å². The molecule has 1 aromatic rings. The van der Waals surface area contributed by atoms with Crippen molar-refractivity contribution in [1.82, 2.24) is 5.32 Å². The maximum atomic E-state index is 11.9. The second kappa shape index (κ2) is 6.20. The van der Waals surface area contributed by atoms with Gasteiger partial charge in [0.15, 0.2) is 0 Å². The molecule has 0 spiro atoms. The van der Waals surface area contributed by atoms with E-state index in [1.807, 2.05) is 32.0 Å². The van der Waals surface area contributed by atoms with Gasteiger partial charge in [0.05, 0.1) is 0 Å². The largest absolute Gasteiger partial charge is 0.396 e. The summed E-state index contributed by atoms with van der Waals surface area (Å²) in [6.07, 6.45) is 0.578. The van der Waals surface area contributed by atoms with E-state index < -0.39 is 0 Å².